The molecule has 0 amide bonds. The highest BCUT2D eigenvalue weighted by Gasteiger charge is 2.22. The first kappa shape index (κ1) is 19.8. The van der Waals surface area contributed by atoms with Gasteiger partial charge in [0.1, 0.15) is 11.6 Å². The Morgan fingerprint density at radius 3 is 1.78 bits per heavy atom. The lowest BCUT2D eigenvalue weighted by molar-refractivity contribution is 0.629. The van der Waals surface area contributed by atoms with Gasteiger partial charge in [-0.1, -0.05) is 78.9 Å². The summed E-state index contributed by atoms with van der Waals surface area (Å²) in [5.41, 5.74) is 16.9. The third kappa shape index (κ3) is 3.17. The molecule has 0 aliphatic carbocycles. The van der Waals surface area contributed by atoms with Gasteiger partial charge in [0.15, 0.2) is 0 Å². The SMILES string of the molecule is Nc1cc(-c2ccccc2F)c(-c2ccccc2F)c(N)c1-c1cccc2ccccc12. The van der Waals surface area contributed by atoms with Gasteiger partial charge in [-0.2, -0.15) is 0 Å². The van der Waals surface area contributed by atoms with E-state index in [1.165, 1.54) is 12.1 Å². The lowest BCUT2D eigenvalue weighted by Gasteiger charge is -2.21. The minimum atomic E-state index is -0.439. The van der Waals surface area contributed by atoms with E-state index in [9.17, 15) is 8.78 Å². The van der Waals surface area contributed by atoms with E-state index in [1.807, 2.05) is 42.5 Å². The fourth-order valence-corrected chi connectivity index (χ4v) is 4.32. The van der Waals surface area contributed by atoms with Crippen molar-refractivity contribution >= 4 is 22.1 Å². The van der Waals surface area contributed by atoms with Gasteiger partial charge >= 0.3 is 0 Å². The Morgan fingerprint density at radius 1 is 0.500 bits per heavy atom. The molecule has 5 rings (SSSR count). The number of nitrogen functional groups attached to an aromatic ring is 2. The molecule has 5 aromatic rings. The normalized spacial score (nSPS) is 11.1. The van der Waals surface area contributed by atoms with Crippen molar-refractivity contribution < 1.29 is 8.78 Å². The van der Waals surface area contributed by atoms with Crippen LogP contribution in [0.1, 0.15) is 0 Å². The Morgan fingerprint density at radius 2 is 1.06 bits per heavy atom. The zero-order chi connectivity index (χ0) is 22.2. The molecule has 0 bridgehead atoms. The largest absolute Gasteiger partial charge is 0.398 e. The molecule has 0 unspecified atom stereocenters. The highest BCUT2D eigenvalue weighted by molar-refractivity contribution is 6.08. The van der Waals surface area contributed by atoms with Crippen LogP contribution in [0.4, 0.5) is 20.2 Å². The quantitative estimate of drug-likeness (QED) is 0.300. The summed E-state index contributed by atoms with van der Waals surface area (Å²) in [6.07, 6.45) is 0. The molecule has 5 aromatic carbocycles. The smallest absolute Gasteiger partial charge is 0.131 e. The zero-order valence-electron chi connectivity index (χ0n) is 17.1. The van der Waals surface area contributed by atoms with Crippen LogP contribution in [-0.4, -0.2) is 0 Å². The predicted octanol–water partition coefficient (Wildman–Crippen LogP) is 7.28. The van der Waals surface area contributed by atoms with E-state index in [4.69, 9.17) is 11.5 Å². The maximum Gasteiger partial charge on any atom is 0.131 e. The number of hydrogen-bond donors (Lipinski definition) is 2. The van der Waals surface area contributed by atoms with Crippen molar-refractivity contribution in [3.63, 3.8) is 0 Å². The van der Waals surface area contributed by atoms with Crippen molar-refractivity contribution in [1.29, 1.82) is 0 Å². The molecule has 0 aromatic heterocycles. The van der Waals surface area contributed by atoms with Gasteiger partial charge in [-0.05, 0) is 40.1 Å². The topological polar surface area (TPSA) is 52.0 Å². The minimum Gasteiger partial charge on any atom is -0.398 e. The molecule has 2 nitrogen and oxygen atoms in total. The highest BCUT2D eigenvalue weighted by atomic mass is 19.1. The number of halogens is 2. The van der Waals surface area contributed by atoms with Crippen molar-refractivity contribution in [2.75, 3.05) is 11.5 Å². The van der Waals surface area contributed by atoms with Crippen molar-refractivity contribution in [3.8, 4) is 33.4 Å². The summed E-state index contributed by atoms with van der Waals surface area (Å²) in [4.78, 5) is 0. The van der Waals surface area contributed by atoms with E-state index < -0.39 is 11.6 Å². The van der Waals surface area contributed by atoms with Crippen molar-refractivity contribution in [2.24, 2.45) is 0 Å². The van der Waals surface area contributed by atoms with Crippen LogP contribution in [0.2, 0.25) is 0 Å². The Labute approximate surface area is 184 Å². The zero-order valence-corrected chi connectivity index (χ0v) is 17.1. The van der Waals surface area contributed by atoms with Gasteiger partial charge in [-0.15, -0.1) is 0 Å². The first-order valence-corrected chi connectivity index (χ1v) is 10.3. The maximum absolute atomic E-state index is 15.0. The fourth-order valence-electron chi connectivity index (χ4n) is 4.32. The molecule has 4 N–H and O–H groups in total. The van der Waals surface area contributed by atoms with Gasteiger partial charge in [-0.25, -0.2) is 8.78 Å². The lowest BCUT2D eigenvalue weighted by Crippen LogP contribution is -2.03. The maximum atomic E-state index is 15.0. The van der Waals surface area contributed by atoms with Crippen LogP contribution in [-0.2, 0) is 0 Å². The van der Waals surface area contributed by atoms with Crippen molar-refractivity contribution in [3.05, 3.63) is 109 Å². The van der Waals surface area contributed by atoms with E-state index in [0.717, 1.165) is 16.3 Å². The Balaban J connectivity index is 1.91. The average Bonchev–Trinajstić information content (AvgIpc) is 2.80. The molecule has 32 heavy (non-hydrogen) atoms. The first-order valence-electron chi connectivity index (χ1n) is 10.3. The Kier molecular flexibility index (Phi) is 4.83. The van der Waals surface area contributed by atoms with Crippen LogP contribution in [0.15, 0.2) is 97.1 Å². The third-order valence-electron chi connectivity index (χ3n) is 5.76. The summed E-state index contributed by atoms with van der Waals surface area (Å²) in [5, 5.41) is 2.01. The number of benzene rings is 5. The highest BCUT2D eigenvalue weighted by Crippen LogP contribution is 2.47. The summed E-state index contributed by atoms with van der Waals surface area (Å²) >= 11 is 0. The summed E-state index contributed by atoms with van der Waals surface area (Å²) in [6, 6.07) is 28.2. The average molecular weight is 422 g/mol. The second-order valence-corrected chi connectivity index (χ2v) is 7.66. The van der Waals surface area contributed by atoms with Gasteiger partial charge in [0, 0.05) is 27.9 Å². The van der Waals surface area contributed by atoms with E-state index in [2.05, 4.69) is 0 Å². The van der Waals surface area contributed by atoms with E-state index in [-0.39, 0.29) is 0 Å². The number of fused-ring (bicyclic) bond motifs is 1. The summed E-state index contributed by atoms with van der Waals surface area (Å²) < 4.78 is 29.8. The molecule has 0 radical (unpaired) electrons. The molecule has 0 fully saturated rings. The summed E-state index contributed by atoms with van der Waals surface area (Å²) in [6.45, 7) is 0. The van der Waals surface area contributed by atoms with Crippen LogP contribution < -0.4 is 11.5 Å². The molecule has 0 aliphatic heterocycles. The number of anilines is 2. The lowest BCUT2D eigenvalue weighted by atomic mass is 9.86. The van der Waals surface area contributed by atoms with Crippen LogP contribution in [0.3, 0.4) is 0 Å². The second-order valence-electron chi connectivity index (χ2n) is 7.66. The molecule has 0 heterocycles. The molecule has 4 heteroatoms. The van der Waals surface area contributed by atoms with Crippen LogP contribution in [0.5, 0.6) is 0 Å². The fraction of sp³-hybridized carbons (Fsp3) is 0. The van der Waals surface area contributed by atoms with Crippen LogP contribution in [0, 0.1) is 11.6 Å². The summed E-state index contributed by atoms with van der Waals surface area (Å²) in [7, 11) is 0. The first-order chi connectivity index (χ1) is 15.6. The van der Waals surface area contributed by atoms with Gasteiger partial charge in [0.25, 0.3) is 0 Å². The van der Waals surface area contributed by atoms with E-state index in [0.29, 0.717) is 39.2 Å². The predicted molar refractivity (Wildman–Crippen MR) is 129 cm³/mol. The number of rotatable bonds is 3. The molecule has 0 spiro atoms. The summed E-state index contributed by atoms with van der Waals surface area (Å²) in [5.74, 6) is -0.868. The number of nitrogens with two attached hydrogens (primary N) is 2. The van der Waals surface area contributed by atoms with Crippen molar-refractivity contribution in [1.82, 2.24) is 0 Å². The molecular formula is C28H20F2N2. The monoisotopic (exact) mass is 422 g/mol. The van der Waals surface area contributed by atoms with E-state index >= 15 is 0 Å². The second kappa shape index (κ2) is 7.82. The van der Waals surface area contributed by atoms with Gasteiger partial charge in [0.05, 0.1) is 5.69 Å². The molecule has 0 aliphatic rings. The van der Waals surface area contributed by atoms with Crippen LogP contribution >= 0.6 is 0 Å². The molecular weight excluding hydrogens is 402 g/mol. The molecule has 0 saturated carbocycles. The standard InChI is InChI=1S/C28H20F2N2/c29-23-14-5-3-11-19(23)22-16-25(31)27(20-13-7-9-17-8-1-2-10-18(17)20)28(32)26(22)21-12-4-6-15-24(21)30/h1-16H,31-32H2. The molecule has 0 atom stereocenters. The van der Waals surface area contributed by atoms with Gasteiger partial charge < -0.3 is 11.5 Å². The Bertz CT molecular complexity index is 1470. The van der Waals surface area contributed by atoms with Crippen LogP contribution in [0.25, 0.3) is 44.2 Å². The van der Waals surface area contributed by atoms with Gasteiger partial charge in [-0.3, -0.25) is 0 Å². The number of hydrogen-bond acceptors (Lipinski definition) is 2. The molecule has 156 valence electrons. The Hall–Kier alpha value is -4.18. The van der Waals surface area contributed by atoms with E-state index in [1.54, 1.807) is 42.5 Å². The molecule has 0 saturated heterocycles. The minimum absolute atomic E-state index is 0.296. The third-order valence-corrected chi connectivity index (χ3v) is 5.76. The van der Waals surface area contributed by atoms with Gasteiger partial charge in [0.2, 0.25) is 0 Å². The van der Waals surface area contributed by atoms with Crippen molar-refractivity contribution in [2.45, 2.75) is 0 Å².